The quantitative estimate of drug-likeness (QED) is 0.124. The molecule has 4 atom stereocenters. The van der Waals surface area contributed by atoms with Gasteiger partial charge in [-0.15, -0.1) is 0 Å². The third-order valence-corrected chi connectivity index (χ3v) is 8.27. The Hall–Kier alpha value is -1.36. The molecule has 12 heteroatoms. The van der Waals surface area contributed by atoms with Gasteiger partial charge in [0.05, 0.1) is 25.0 Å². The number of phosphoric ester groups is 1. The fourth-order valence-corrected chi connectivity index (χ4v) is 5.68. The molecule has 10 nitrogen and oxygen atoms in total. The SMILES string of the molecule is CCCCCCCCCCOP(=O)(O)OC[C@H]1O[C@@H](n2cc(F)c(=O)[nH]c2=O)C[C@@]1(O)CCCCCCCC. The third kappa shape index (κ3) is 12.0. The minimum atomic E-state index is -4.40. The number of hydrogen-bond donors (Lipinski definition) is 3. The Balaban J connectivity index is 1.93. The molecule has 226 valence electrons. The van der Waals surface area contributed by atoms with Crippen LogP contribution in [-0.2, 0) is 18.3 Å². The number of H-pyrrole nitrogens is 1. The topological polar surface area (TPSA) is 140 Å². The minimum absolute atomic E-state index is 0.0732. The van der Waals surface area contributed by atoms with Crippen LogP contribution >= 0.6 is 7.82 Å². The van der Waals surface area contributed by atoms with E-state index in [0.717, 1.165) is 62.1 Å². The summed E-state index contributed by atoms with van der Waals surface area (Å²) in [6.07, 6.45) is 13.3. The third-order valence-electron chi connectivity index (χ3n) is 7.29. The van der Waals surface area contributed by atoms with Gasteiger partial charge in [-0.3, -0.25) is 23.4 Å². The molecule has 1 aliphatic rings. The lowest BCUT2D eigenvalue weighted by Gasteiger charge is -2.28. The normalized spacial score (nSPS) is 22.8. The maximum absolute atomic E-state index is 13.9. The van der Waals surface area contributed by atoms with Crippen molar-refractivity contribution in [1.29, 1.82) is 0 Å². The van der Waals surface area contributed by atoms with Crippen molar-refractivity contribution < 1.29 is 32.7 Å². The second kappa shape index (κ2) is 17.5. The van der Waals surface area contributed by atoms with E-state index in [0.29, 0.717) is 19.3 Å². The Bertz CT molecular complexity index is 1000. The van der Waals surface area contributed by atoms with E-state index in [2.05, 4.69) is 13.8 Å². The standard InChI is InChI=1S/C27H48FN2O8P/c1-3-5-7-9-11-12-14-16-18-36-39(34,35)37-21-23-27(33,17-15-13-10-8-6-4-2)19-24(38-23)30-20-22(28)25(31)29-26(30)32/h20,23-24,33H,3-19,21H2,1-2H3,(H,34,35)(H,29,31,32)/t23-,24-,27+/m1/s1. The molecule has 39 heavy (non-hydrogen) atoms. The van der Waals surface area contributed by atoms with Crippen molar-refractivity contribution in [3.63, 3.8) is 0 Å². The van der Waals surface area contributed by atoms with E-state index in [1.807, 2.05) is 4.98 Å². The summed E-state index contributed by atoms with van der Waals surface area (Å²) in [6, 6.07) is 0. The zero-order valence-electron chi connectivity index (χ0n) is 23.6. The highest BCUT2D eigenvalue weighted by atomic mass is 31.2. The molecule has 0 saturated carbocycles. The van der Waals surface area contributed by atoms with Gasteiger partial charge < -0.3 is 14.7 Å². The Labute approximate surface area is 230 Å². The lowest BCUT2D eigenvalue weighted by molar-refractivity contribution is -0.0857. The number of nitrogens with zero attached hydrogens (tertiary/aromatic N) is 1. The Kier molecular flexibility index (Phi) is 15.1. The van der Waals surface area contributed by atoms with E-state index < -0.39 is 49.4 Å². The van der Waals surface area contributed by atoms with Crippen LogP contribution in [0.3, 0.4) is 0 Å². The van der Waals surface area contributed by atoms with E-state index in [1.54, 1.807) is 0 Å². The monoisotopic (exact) mass is 578 g/mol. The van der Waals surface area contributed by atoms with Crippen molar-refractivity contribution in [3.8, 4) is 0 Å². The molecule has 1 unspecified atom stereocenters. The van der Waals surface area contributed by atoms with Gasteiger partial charge in [-0.05, 0) is 12.8 Å². The number of aromatic nitrogens is 2. The number of phosphoric acid groups is 1. The van der Waals surface area contributed by atoms with Gasteiger partial charge in [0.15, 0.2) is 0 Å². The van der Waals surface area contributed by atoms with Gasteiger partial charge in [-0.1, -0.05) is 97.3 Å². The van der Waals surface area contributed by atoms with Crippen molar-refractivity contribution in [2.75, 3.05) is 13.2 Å². The van der Waals surface area contributed by atoms with Crippen molar-refractivity contribution in [2.45, 2.75) is 135 Å². The number of nitrogens with one attached hydrogen (secondary N) is 1. The van der Waals surface area contributed by atoms with Crippen molar-refractivity contribution in [3.05, 3.63) is 32.9 Å². The molecular formula is C27H48FN2O8P. The van der Waals surface area contributed by atoms with Crippen molar-refractivity contribution in [2.24, 2.45) is 0 Å². The summed E-state index contributed by atoms with van der Waals surface area (Å²) in [6.45, 7) is 3.93. The fourth-order valence-electron chi connectivity index (χ4n) is 4.92. The largest absolute Gasteiger partial charge is 0.472 e. The number of aliphatic hydroxyl groups is 1. The molecule has 1 saturated heterocycles. The first kappa shape index (κ1) is 33.8. The van der Waals surface area contributed by atoms with Crippen LogP contribution in [0.4, 0.5) is 4.39 Å². The fraction of sp³-hybridized carbons (Fsp3) is 0.852. The first-order valence-electron chi connectivity index (χ1n) is 14.6. The summed E-state index contributed by atoms with van der Waals surface area (Å²) >= 11 is 0. The van der Waals surface area contributed by atoms with Gasteiger partial charge >= 0.3 is 13.5 Å². The smallest absolute Gasteiger partial charge is 0.387 e. The molecular weight excluding hydrogens is 530 g/mol. The minimum Gasteiger partial charge on any atom is -0.387 e. The van der Waals surface area contributed by atoms with Crippen LogP contribution in [0.25, 0.3) is 0 Å². The van der Waals surface area contributed by atoms with Crippen LogP contribution < -0.4 is 11.2 Å². The van der Waals surface area contributed by atoms with Gasteiger partial charge in [0.2, 0.25) is 5.82 Å². The van der Waals surface area contributed by atoms with Crippen molar-refractivity contribution >= 4 is 7.82 Å². The lowest BCUT2D eigenvalue weighted by atomic mass is 9.88. The number of aromatic amines is 1. The summed E-state index contributed by atoms with van der Waals surface area (Å²) < 4.78 is 43.4. The average molecular weight is 579 g/mol. The molecule has 1 aliphatic heterocycles. The molecule has 0 aliphatic carbocycles. The Morgan fingerprint density at radius 3 is 2.18 bits per heavy atom. The molecule has 0 amide bonds. The lowest BCUT2D eigenvalue weighted by Crippen LogP contribution is -2.41. The number of hydrogen-bond acceptors (Lipinski definition) is 7. The van der Waals surface area contributed by atoms with Gasteiger partial charge in [0.25, 0.3) is 5.56 Å². The predicted octanol–water partition coefficient (Wildman–Crippen LogP) is 5.72. The molecule has 1 aromatic heterocycles. The summed E-state index contributed by atoms with van der Waals surface area (Å²) in [5.74, 6) is -1.16. The average Bonchev–Trinajstić information content (AvgIpc) is 3.22. The number of unbranched alkanes of at least 4 members (excludes halogenated alkanes) is 12. The zero-order valence-corrected chi connectivity index (χ0v) is 24.5. The summed E-state index contributed by atoms with van der Waals surface area (Å²) in [7, 11) is -4.40. The molecule has 3 N–H and O–H groups in total. The molecule has 2 rings (SSSR count). The van der Waals surface area contributed by atoms with E-state index >= 15 is 0 Å². The van der Waals surface area contributed by atoms with Gasteiger partial charge in [0, 0.05) is 6.42 Å². The van der Waals surface area contributed by atoms with Crippen molar-refractivity contribution in [1.82, 2.24) is 9.55 Å². The highest BCUT2D eigenvalue weighted by molar-refractivity contribution is 7.47. The van der Waals surface area contributed by atoms with Crippen LogP contribution in [0.1, 0.15) is 123 Å². The van der Waals surface area contributed by atoms with Crippen LogP contribution in [0, 0.1) is 5.82 Å². The second-order valence-electron chi connectivity index (χ2n) is 10.6. The summed E-state index contributed by atoms with van der Waals surface area (Å²) in [4.78, 5) is 35.8. The summed E-state index contributed by atoms with van der Waals surface area (Å²) in [5, 5.41) is 11.4. The number of ether oxygens (including phenoxy) is 1. The molecule has 0 aromatic carbocycles. The molecule has 2 heterocycles. The maximum atomic E-state index is 13.9. The summed E-state index contributed by atoms with van der Waals surface area (Å²) in [5.41, 5.74) is -3.51. The highest BCUT2D eigenvalue weighted by Crippen LogP contribution is 2.46. The van der Waals surface area contributed by atoms with Crippen LogP contribution in [0.5, 0.6) is 0 Å². The van der Waals surface area contributed by atoms with Gasteiger partial charge in [-0.2, -0.15) is 4.39 Å². The maximum Gasteiger partial charge on any atom is 0.472 e. The highest BCUT2D eigenvalue weighted by Gasteiger charge is 2.48. The van der Waals surface area contributed by atoms with Gasteiger partial charge in [-0.25, -0.2) is 9.36 Å². The Morgan fingerprint density at radius 1 is 1.00 bits per heavy atom. The molecule has 0 bridgehead atoms. The number of halogens is 1. The molecule has 0 spiro atoms. The Morgan fingerprint density at radius 2 is 1.56 bits per heavy atom. The predicted molar refractivity (Wildman–Crippen MR) is 147 cm³/mol. The van der Waals surface area contributed by atoms with E-state index in [1.165, 1.54) is 25.7 Å². The molecule has 1 fully saturated rings. The molecule has 1 aromatic rings. The number of rotatable bonds is 21. The van der Waals surface area contributed by atoms with E-state index in [9.17, 15) is 28.5 Å². The first-order chi connectivity index (χ1) is 18.6. The van der Waals surface area contributed by atoms with Crippen LogP contribution in [-0.4, -0.2) is 44.5 Å². The van der Waals surface area contributed by atoms with Crippen LogP contribution in [0.15, 0.2) is 15.8 Å². The van der Waals surface area contributed by atoms with Gasteiger partial charge in [0.1, 0.15) is 12.3 Å². The van der Waals surface area contributed by atoms with Crippen LogP contribution in [0.2, 0.25) is 0 Å². The van der Waals surface area contributed by atoms with E-state index in [-0.39, 0.29) is 13.0 Å². The second-order valence-corrected chi connectivity index (χ2v) is 12.1. The van der Waals surface area contributed by atoms with E-state index in [4.69, 9.17) is 13.8 Å². The first-order valence-corrected chi connectivity index (χ1v) is 16.1. The zero-order chi connectivity index (χ0) is 28.7. The molecule has 0 radical (unpaired) electrons.